The second-order valence-corrected chi connectivity index (χ2v) is 6.16. The zero-order valence-corrected chi connectivity index (χ0v) is 14.1. The highest BCUT2D eigenvalue weighted by atomic mass is 32.1. The van der Waals surface area contributed by atoms with Crippen LogP contribution in [0.3, 0.4) is 0 Å². The van der Waals surface area contributed by atoms with Crippen LogP contribution in [-0.4, -0.2) is 28.4 Å². The van der Waals surface area contributed by atoms with Crippen molar-refractivity contribution in [3.8, 4) is 16.3 Å². The molecule has 3 rings (SSSR count). The lowest BCUT2D eigenvalue weighted by molar-refractivity contribution is 0.416. The van der Waals surface area contributed by atoms with Gasteiger partial charge in [0.2, 0.25) is 0 Å². The number of nitrogens with one attached hydrogen (secondary N) is 1. The molecule has 0 spiro atoms. The number of hydrogen-bond acceptors (Lipinski definition) is 5. The normalized spacial score (nSPS) is 10.9. The monoisotopic (exact) mass is 328 g/mol. The van der Waals surface area contributed by atoms with Crippen LogP contribution < -0.4 is 10.1 Å². The minimum atomic E-state index is 0.756. The third-order valence-corrected chi connectivity index (χ3v) is 4.40. The van der Waals surface area contributed by atoms with Gasteiger partial charge < -0.3 is 10.1 Å². The van der Waals surface area contributed by atoms with Crippen molar-refractivity contribution >= 4 is 11.3 Å². The van der Waals surface area contributed by atoms with E-state index in [1.165, 1.54) is 5.56 Å². The summed E-state index contributed by atoms with van der Waals surface area (Å²) in [5, 5.41) is 10.8. The first kappa shape index (κ1) is 15.7. The zero-order chi connectivity index (χ0) is 16.1. The van der Waals surface area contributed by atoms with E-state index < -0.39 is 0 Å². The Bertz CT molecular complexity index is 765. The number of rotatable bonds is 7. The van der Waals surface area contributed by atoms with Crippen molar-refractivity contribution in [2.45, 2.75) is 20.0 Å². The van der Waals surface area contributed by atoms with E-state index in [4.69, 9.17) is 9.72 Å². The summed E-state index contributed by atoms with van der Waals surface area (Å²) in [6.07, 6.45) is 3.92. The Kier molecular flexibility index (Phi) is 5.05. The molecular weight excluding hydrogens is 308 g/mol. The number of hydrogen-bond donors (Lipinski definition) is 1. The van der Waals surface area contributed by atoms with E-state index in [0.717, 1.165) is 41.6 Å². The summed E-state index contributed by atoms with van der Waals surface area (Å²) < 4.78 is 7.35. The van der Waals surface area contributed by atoms with Gasteiger partial charge in [0, 0.05) is 24.7 Å². The number of para-hydroxylation sites is 1. The van der Waals surface area contributed by atoms with Gasteiger partial charge in [-0.1, -0.05) is 12.1 Å². The van der Waals surface area contributed by atoms with Gasteiger partial charge in [0.25, 0.3) is 0 Å². The van der Waals surface area contributed by atoms with Crippen LogP contribution in [0.25, 0.3) is 10.6 Å². The first-order chi connectivity index (χ1) is 11.3. The highest BCUT2D eigenvalue weighted by Crippen LogP contribution is 2.31. The maximum Gasteiger partial charge on any atom is 0.129 e. The van der Waals surface area contributed by atoms with Gasteiger partial charge in [0.05, 0.1) is 31.1 Å². The van der Waals surface area contributed by atoms with Gasteiger partial charge in [-0.25, -0.2) is 4.98 Å². The van der Waals surface area contributed by atoms with Crippen molar-refractivity contribution in [3.63, 3.8) is 0 Å². The Morgan fingerprint density at radius 1 is 1.30 bits per heavy atom. The van der Waals surface area contributed by atoms with E-state index in [1.807, 2.05) is 48.3 Å². The van der Waals surface area contributed by atoms with Crippen molar-refractivity contribution < 1.29 is 4.74 Å². The average molecular weight is 328 g/mol. The standard InChI is InChI=1S/C17H20N4OS/c1-13-9-19-21(11-13)8-7-18-10-14-12-23-17(20-14)15-5-3-4-6-16(15)22-2/h3-6,9,11-12,18H,7-8,10H2,1-2H3. The Hall–Kier alpha value is -2.18. The SMILES string of the molecule is COc1ccccc1-c1nc(CNCCn2cc(C)cn2)cs1. The summed E-state index contributed by atoms with van der Waals surface area (Å²) in [5.74, 6) is 0.857. The summed E-state index contributed by atoms with van der Waals surface area (Å²) >= 11 is 1.64. The van der Waals surface area contributed by atoms with E-state index in [-0.39, 0.29) is 0 Å². The molecule has 0 saturated carbocycles. The minimum absolute atomic E-state index is 0.756. The molecule has 1 aromatic carbocycles. The first-order valence-corrected chi connectivity index (χ1v) is 8.42. The van der Waals surface area contributed by atoms with Gasteiger partial charge in [-0.3, -0.25) is 4.68 Å². The van der Waals surface area contributed by atoms with Gasteiger partial charge in [-0.05, 0) is 24.6 Å². The Morgan fingerprint density at radius 2 is 2.17 bits per heavy atom. The molecule has 0 fully saturated rings. The highest BCUT2D eigenvalue weighted by Gasteiger charge is 2.09. The van der Waals surface area contributed by atoms with Crippen molar-refractivity contribution in [1.82, 2.24) is 20.1 Å². The van der Waals surface area contributed by atoms with Gasteiger partial charge >= 0.3 is 0 Å². The van der Waals surface area contributed by atoms with Crippen molar-refractivity contribution in [3.05, 3.63) is 53.3 Å². The highest BCUT2D eigenvalue weighted by molar-refractivity contribution is 7.13. The number of benzene rings is 1. The van der Waals surface area contributed by atoms with Gasteiger partial charge in [-0.15, -0.1) is 11.3 Å². The first-order valence-electron chi connectivity index (χ1n) is 7.54. The number of aryl methyl sites for hydroxylation is 1. The molecule has 0 aliphatic heterocycles. The minimum Gasteiger partial charge on any atom is -0.496 e. The lowest BCUT2D eigenvalue weighted by Gasteiger charge is -2.05. The topological polar surface area (TPSA) is 52.0 Å². The van der Waals surface area contributed by atoms with Crippen LogP contribution >= 0.6 is 11.3 Å². The number of methoxy groups -OCH3 is 1. The van der Waals surface area contributed by atoms with E-state index in [0.29, 0.717) is 0 Å². The lowest BCUT2D eigenvalue weighted by Crippen LogP contribution is -2.19. The molecule has 3 aromatic rings. The maximum absolute atomic E-state index is 5.40. The molecule has 1 N–H and O–H groups in total. The second kappa shape index (κ2) is 7.39. The van der Waals surface area contributed by atoms with Gasteiger partial charge in [0.15, 0.2) is 0 Å². The molecule has 120 valence electrons. The Morgan fingerprint density at radius 3 is 2.96 bits per heavy atom. The largest absolute Gasteiger partial charge is 0.496 e. The van der Waals surface area contributed by atoms with Crippen LogP contribution in [0.4, 0.5) is 0 Å². The lowest BCUT2D eigenvalue weighted by atomic mass is 10.2. The molecule has 0 amide bonds. The Labute approximate surface area is 140 Å². The quantitative estimate of drug-likeness (QED) is 0.677. The molecule has 0 radical (unpaired) electrons. The van der Waals surface area contributed by atoms with Crippen LogP contribution in [0, 0.1) is 6.92 Å². The van der Waals surface area contributed by atoms with E-state index in [1.54, 1.807) is 18.4 Å². The number of ether oxygens (including phenoxy) is 1. The summed E-state index contributed by atoms with van der Waals surface area (Å²) in [6, 6.07) is 7.97. The fourth-order valence-corrected chi connectivity index (χ4v) is 3.18. The van der Waals surface area contributed by atoms with Gasteiger partial charge in [0.1, 0.15) is 10.8 Å². The third kappa shape index (κ3) is 3.97. The molecule has 6 heteroatoms. The van der Waals surface area contributed by atoms with Crippen LogP contribution in [0.1, 0.15) is 11.3 Å². The maximum atomic E-state index is 5.40. The number of thiazole rings is 1. The summed E-state index contributed by atoms with van der Waals surface area (Å²) in [6.45, 7) is 4.53. The third-order valence-electron chi connectivity index (χ3n) is 3.48. The van der Waals surface area contributed by atoms with Crippen LogP contribution in [-0.2, 0) is 13.1 Å². The summed E-state index contributed by atoms with van der Waals surface area (Å²) in [5.41, 5.74) is 3.27. The van der Waals surface area contributed by atoms with E-state index >= 15 is 0 Å². The smallest absolute Gasteiger partial charge is 0.129 e. The molecule has 2 heterocycles. The predicted octanol–water partition coefficient (Wildman–Crippen LogP) is 3.11. The molecule has 0 atom stereocenters. The van der Waals surface area contributed by atoms with E-state index in [9.17, 15) is 0 Å². The molecule has 0 aliphatic rings. The Balaban J connectivity index is 1.55. The van der Waals surface area contributed by atoms with Crippen LogP contribution in [0.2, 0.25) is 0 Å². The second-order valence-electron chi connectivity index (χ2n) is 5.30. The predicted molar refractivity (Wildman–Crippen MR) is 92.8 cm³/mol. The number of nitrogens with zero attached hydrogens (tertiary/aromatic N) is 3. The summed E-state index contributed by atoms with van der Waals surface area (Å²) in [4.78, 5) is 4.69. The van der Waals surface area contributed by atoms with E-state index in [2.05, 4.69) is 15.8 Å². The number of aromatic nitrogens is 3. The fourth-order valence-electron chi connectivity index (χ4n) is 2.33. The molecule has 2 aromatic heterocycles. The van der Waals surface area contributed by atoms with Crippen LogP contribution in [0.15, 0.2) is 42.0 Å². The van der Waals surface area contributed by atoms with Gasteiger partial charge in [-0.2, -0.15) is 5.10 Å². The molecule has 23 heavy (non-hydrogen) atoms. The average Bonchev–Trinajstić information content (AvgIpc) is 3.20. The van der Waals surface area contributed by atoms with Crippen LogP contribution in [0.5, 0.6) is 5.75 Å². The molecule has 0 bridgehead atoms. The molecule has 0 aliphatic carbocycles. The summed E-state index contributed by atoms with van der Waals surface area (Å²) in [7, 11) is 1.69. The van der Waals surface area contributed by atoms with Crippen molar-refractivity contribution in [2.24, 2.45) is 0 Å². The molecular formula is C17H20N4OS. The molecule has 0 unspecified atom stereocenters. The van der Waals surface area contributed by atoms with Crippen molar-refractivity contribution in [2.75, 3.05) is 13.7 Å². The van der Waals surface area contributed by atoms with Crippen molar-refractivity contribution in [1.29, 1.82) is 0 Å². The zero-order valence-electron chi connectivity index (χ0n) is 13.3. The molecule has 5 nitrogen and oxygen atoms in total. The molecule has 0 saturated heterocycles. The fraction of sp³-hybridized carbons (Fsp3) is 0.294.